The SMILES string of the molecule is CC(C)CCCCCCCCCCCCCC(CCO)C(N)=O. The molecule has 0 bridgehead atoms. The van der Waals surface area contributed by atoms with Gasteiger partial charge in [-0.2, -0.15) is 0 Å². The quantitative estimate of drug-likeness (QED) is 0.361. The summed E-state index contributed by atoms with van der Waals surface area (Å²) in [5.74, 6) is 0.472. The van der Waals surface area contributed by atoms with Crippen LogP contribution < -0.4 is 5.73 Å². The Hall–Kier alpha value is -0.570. The molecule has 0 heterocycles. The molecule has 138 valence electrons. The minimum absolute atomic E-state index is 0.0606. The van der Waals surface area contributed by atoms with E-state index in [0.29, 0.717) is 6.42 Å². The minimum atomic E-state index is -0.257. The van der Waals surface area contributed by atoms with E-state index in [4.69, 9.17) is 10.8 Å². The molecule has 23 heavy (non-hydrogen) atoms. The van der Waals surface area contributed by atoms with Gasteiger partial charge < -0.3 is 10.8 Å². The number of carbonyl (C=O) groups excluding carboxylic acids is 1. The Morgan fingerprint density at radius 3 is 1.48 bits per heavy atom. The molecule has 1 unspecified atom stereocenters. The molecule has 0 aliphatic heterocycles. The second kappa shape index (κ2) is 16.3. The first-order chi connectivity index (χ1) is 11.1. The first kappa shape index (κ1) is 22.4. The highest BCUT2D eigenvalue weighted by atomic mass is 16.3. The van der Waals surface area contributed by atoms with Gasteiger partial charge in [0.25, 0.3) is 0 Å². The molecule has 0 fully saturated rings. The largest absolute Gasteiger partial charge is 0.396 e. The van der Waals surface area contributed by atoms with Crippen molar-refractivity contribution in [1.82, 2.24) is 0 Å². The lowest BCUT2D eigenvalue weighted by Gasteiger charge is -2.11. The smallest absolute Gasteiger partial charge is 0.220 e. The summed E-state index contributed by atoms with van der Waals surface area (Å²) < 4.78 is 0. The van der Waals surface area contributed by atoms with Crippen LogP contribution >= 0.6 is 0 Å². The number of aliphatic hydroxyl groups excluding tert-OH is 1. The molecule has 0 aliphatic rings. The van der Waals surface area contributed by atoms with Crippen LogP contribution in [0, 0.1) is 11.8 Å². The van der Waals surface area contributed by atoms with Crippen LogP contribution in [-0.4, -0.2) is 17.6 Å². The lowest BCUT2D eigenvalue weighted by atomic mass is 9.96. The van der Waals surface area contributed by atoms with Crippen LogP contribution in [0.3, 0.4) is 0 Å². The molecule has 0 spiro atoms. The second-order valence-corrected chi connectivity index (χ2v) is 7.47. The molecule has 0 aromatic heterocycles. The Bertz CT molecular complexity index is 266. The number of hydrogen-bond donors (Lipinski definition) is 2. The number of unbranched alkanes of at least 4 members (excludes halogenated alkanes) is 10. The highest BCUT2D eigenvalue weighted by Crippen LogP contribution is 2.16. The van der Waals surface area contributed by atoms with Gasteiger partial charge >= 0.3 is 0 Å². The highest BCUT2D eigenvalue weighted by molar-refractivity contribution is 5.76. The van der Waals surface area contributed by atoms with Crippen molar-refractivity contribution in [2.45, 2.75) is 104 Å². The van der Waals surface area contributed by atoms with Crippen molar-refractivity contribution in [2.75, 3.05) is 6.61 Å². The number of primary amides is 1. The fraction of sp³-hybridized carbons (Fsp3) is 0.950. The van der Waals surface area contributed by atoms with Gasteiger partial charge in [-0.05, 0) is 18.8 Å². The summed E-state index contributed by atoms with van der Waals surface area (Å²) in [5.41, 5.74) is 5.33. The maximum absolute atomic E-state index is 11.2. The standard InChI is InChI=1S/C20H41NO2/c1-18(2)14-12-10-8-6-4-3-5-7-9-11-13-15-19(16-17-22)20(21)23/h18-19,22H,3-17H2,1-2H3,(H2,21,23). The first-order valence-electron chi connectivity index (χ1n) is 9.98. The average molecular weight is 328 g/mol. The van der Waals surface area contributed by atoms with Gasteiger partial charge in [-0.15, -0.1) is 0 Å². The van der Waals surface area contributed by atoms with Crippen molar-refractivity contribution in [3.63, 3.8) is 0 Å². The molecule has 0 saturated heterocycles. The van der Waals surface area contributed by atoms with Crippen LogP contribution in [0.25, 0.3) is 0 Å². The van der Waals surface area contributed by atoms with E-state index in [-0.39, 0.29) is 18.4 Å². The average Bonchev–Trinajstić information content (AvgIpc) is 2.50. The van der Waals surface area contributed by atoms with Gasteiger partial charge in [0.05, 0.1) is 0 Å². The van der Waals surface area contributed by atoms with E-state index in [1.54, 1.807) is 0 Å². The third-order valence-electron chi connectivity index (χ3n) is 4.71. The Kier molecular flexibility index (Phi) is 15.9. The predicted octanol–water partition coefficient (Wildman–Crippen LogP) is 5.20. The highest BCUT2D eigenvalue weighted by Gasteiger charge is 2.13. The minimum Gasteiger partial charge on any atom is -0.396 e. The van der Waals surface area contributed by atoms with E-state index >= 15 is 0 Å². The zero-order valence-corrected chi connectivity index (χ0v) is 15.7. The Balaban J connectivity index is 3.23. The normalized spacial score (nSPS) is 12.7. The van der Waals surface area contributed by atoms with Gasteiger partial charge in [-0.1, -0.05) is 90.9 Å². The Morgan fingerprint density at radius 2 is 1.13 bits per heavy atom. The van der Waals surface area contributed by atoms with E-state index in [1.165, 1.54) is 70.6 Å². The monoisotopic (exact) mass is 327 g/mol. The van der Waals surface area contributed by atoms with Crippen molar-refractivity contribution >= 4 is 5.91 Å². The molecule has 3 nitrogen and oxygen atoms in total. The summed E-state index contributed by atoms with van der Waals surface area (Å²) in [5, 5.41) is 8.89. The molecule has 3 N–H and O–H groups in total. The third-order valence-corrected chi connectivity index (χ3v) is 4.71. The maximum atomic E-state index is 11.2. The lowest BCUT2D eigenvalue weighted by Crippen LogP contribution is -2.24. The molecule has 1 amide bonds. The lowest BCUT2D eigenvalue weighted by molar-refractivity contribution is -0.122. The number of hydrogen-bond acceptors (Lipinski definition) is 2. The maximum Gasteiger partial charge on any atom is 0.220 e. The van der Waals surface area contributed by atoms with Crippen molar-refractivity contribution in [3.8, 4) is 0 Å². The zero-order valence-electron chi connectivity index (χ0n) is 15.7. The first-order valence-corrected chi connectivity index (χ1v) is 9.98. The van der Waals surface area contributed by atoms with E-state index < -0.39 is 0 Å². The van der Waals surface area contributed by atoms with Gasteiger partial charge in [-0.3, -0.25) is 4.79 Å². The van der Waals surface area contributed by atoms with E-state index in [9.17, 15) is 4.79 Å². The molecule has 0 radical (unpaired) electrons. The van der Waals surface area contributed by atoms with Gasteiger partial charge in [0, 0.05) is 12.5 Å². The third kappa shape index (κ3) is 16.1. The van der Waals surface area contributed by atoms with Crippen LogP contribution in [0.5, 0.6) is 0 Å². The van der Waals surface area contributed by atoms with Gasteiger partial charge in [0.2, 0.25) is 5.91 Å². The van der Waals surface area contributed by atoms with Crippen LogP contribution in [-0.2, 0) is 4.79 Å². The van der Waals surface area contributed by atoms with Crippen LogP contribution in [0.4, 0.5) is 0 Å². The van der Waals surface area contributed by atoms with E-state index in [1.807, 2.05) is 0 Å². The fourth-order valence-corrected chi connectivity index (χ4v) is 3.12. The molecule has 0 saturated carbocycles. The van der Waals surface area contributed by atoms with Crippen molar-refractivity contribution in [1.29, 1.82) is 0 Å². The molecule has 1 atom stereocenters. The Labute approximate surface area is 144 Å². The zero-order chi connectivity index (χ0) is 17.3. The van der Waals surface area contributed by atoms with Crippen LogP contribution in [0.2, 0.25) is 0 Å². The molecule has 0 aliphatic carbocycles. The topological polar surface area (TPSA) is 63.3 Å². The second-order valence-electron chi connectivity index (χ2n) is 7.47. The summed E-state index contributed by atoms with van der Waals surface area (Å²) in [6.45, 7) is 4.67. The summed E-state index contributed by atoms with van der Waals surface area (Å²) >= 11 is 0. The predicted molar refractivity (Wildman–Crippen MR) is 99.2 cm³/mol. The number of aliphatic hydroxyl groups is 1. The fourth-order valence-electron chi connectivity index (χ4n) is 3.12. The van der Waals surface area contributed by atoms with E-state index in [2.05, 4.69) is 13.8 Å². The van der Waals surface area contributed by atoms with Crippen LogP contribution in [0.1, 0.15) is 104 Å². The molecule has 0 rings (SSSR count). The molecule has 3 heteroatoms. The van der Waals surface area contributed by atoms with Gasteiger partial charge in [-0.25, -0.2) is 0 Å². The van der Waals surface area contributed by atoms with Crippen molar-refractivity contribution in [2.24, 2.45) is 17.6 Å². The van der Waals surface area contributed by atoms with Crippen molar-refractivity contribution < 1.29 is 9.90 Å². The molecular formula is C20H41NO2. The number of rotatable bonds is 17. The Morgan fingerprint density at radius 1 is 0.739 bits per heavy atom. The summed E-state index contributed by atoms with van der Waals surface area (Å²) in [6, 6.07) is 0. The van der Waals surface area contributed by atoms with Crippen molar-refractivity contribution in [3.05, 3.63) is 0 Å². The van der Waals surface area contributed by atoms with E-state index in [0.717, 1.165) is 18.8 Å². The molecule has 0 aromatic carbocycles. The number of nitrogens with two attached hydrogens (primary N) is 1. The van der Waals surface area contributed by atoms with Gasteiger partial charge in [0.15, 0.2) is 0 Å². The molecule has 0 aromatic rings. The van der Waals surface area contributed by atoms with Gasteiger partial charge in [0.1, 0.15) is 0 Å². The number of carbonyl (C=O) groups is 1. The molecular weight excluding hydrogens is 286 g/mol. The number of amides is 1. The summed E-state index contributed by atoms with van der Waals surface area (Å²) in [4.78, 5) is 11.2. The summed E-state index contributed by atoms with van der Waals surface area (Å²) in [7, 11) is 0. The summed E-state index contributed by atoms with van der Waals surface area (Å²) in [6.07, 6.45) is 17.3. The van der Waals surface area contributed by atoms with Crippen LogP contribution in [0.15, 0.2) is 0 Å².